The lowest BCUT2D eigenvalue weighted by Gasteiger charge is -2.34. The minimum atomic E-state index is 0.541. The third kappa shape index (κ3) is 3.82. The fraction of sp³-hybridized carbons (Fsp3) is 0.280. The molecule has 0 saturated carbocycles. The second-order valence-corrected chi connectivity index (χ2v) is 8.35. The van der Waals surface area contributed by atoms with Crippen molar-refractivity contribution in [2.75, 3.05) is 63.3 Å². The fourth-order valence-electron chi connectivity index (χ4n) is 4.36. The van der Waals surface area contributed by atoms with E-state index in [1.54, 1.807) is 11.6 Å². The van der Waals surface area contributed by atoms with E-state index in [-0.39, 0.29) is 0 Å². The molecule has 2 aromatic heterocycles. The first-order chi connectivity index (χ1) is 16.1. The number of nitrogen functional groups attached to an aromatic ring is 1. The summed E-state index contributed by atoms with van der Waals surface area (Å²) < 4.78 is 7.20. The number of hydrogen-bond donors (Lipinski definition) is 2. The molecule has 4 aromatic rings. The quantitative estimate of drug-likeness (QED) is 0.489. The lowest BCUT2D eigenvalue weighted by atomic mass is 10.1. The van der Waals surface area contributed by atoms with Crippen LogP contribution in [0.2, 0.25) is 0 Å². The van der Waals surface area contributed by atoms with Crippen molar-refractivity contribution in [3.8, 4) is 28.0 Å². The molecule has 0 spiro atoms. The molecule has 3 N–H and O–H groups in total. The number of likely N-dealkylation sites (N-methyl/N-ethyl adjacent to an activating group) is 1. The van der Waals surface area contributed by atoms with E-state index in [2.05, 4.69) is 51.5 Å². The third-order valence-electron chi connectivity index (χ3n) is 6.39. The molecular weight excluding hydrogens is 414 g/mol. The number of rotatable bonds is 5. The molecule has 3 heterocycles. The number of piperazine rings is 1. The molecule has 5 rings (SSSR count). The van der Waals surface area contributed by atoms with Gasteiger partial charge in [0.25, 0.3) is 0 Å². The largest absolute Gasteiger partial charge is 0.495 e. The van der Waals surface area contributed by atoms with Gasteiger partial charge in [0.2, 0.25) is 0 Å². The number of fused-ring (bicyclic) bond motifs is 1. The number of anilines is 3. The van der Waals surface area contributed by atoms with Crippen molar-refractivity contribution < 1.29 is 4.74 Å². The highest BCUT2D eigenvalue weighted by Gasteiger charge is 2.17. The molecule has 0 atom stereocenters. The van der Waals surface area contributed by atoms with E-state index < -0.39 is 0 Å². The molecule has 0 aliphatic carbocycles. The molecular formula is C25H29N7O. The van der Waals surface area contributed by atoms with Crippen molar-refractivity contribution >= 4 is 22.8 Å². The number of nitrogens with one attached hydrogen (secondary N) is 1. The minimum absolute atomic E-state index is 0.541. The number of hydrogen-bond acceptors (Lipinski definition) is 7. The SMILES string of the molecule is CNc1ccc(-c2cnc3c(-c4ccc(N5CCN(C)CC5)cc4)cnn3c2N)cc1OC. The summed E-state index contributed by atoms with van der Waals surface area (Å²) in [6, 6.07) is 14.5. The van der Waals surface area contributed by atoms with E-state index in [1.165, 1.54) is 5.69 Å². The molecule has 0 amide bonds. The van der Waals surface area contributed by atoms with E-state index in [0.29, 0.717) is 5.82 Å². The van der Waals surface area contributed by atoms with Crippen molar-refractivity contribution in [3.05, 3.63) is 54.9 Å². The number of nitrogens with two attached hydrogens (primary N) is 1. The van der Waals surface area contributed by atoms with Gasteiger partial charge in [0, 0.05) is 56.2 Å². The van der Waals surface area contributed by atoms with E-state index in [1.807, 2.05) is 37.6 Å². The lowest BCUT2D eigenvalue weighted by molar-refractivity contribution is 0.313. The summed E-state index contributed by atoms with van der Waals surface area (Å²) in [6.45, 7) is 4.27. The second kappa shape index (κ2) is 8.63. The zero-order chi connectivity index (χ0) is 22.9. The highest BCUT2D eigenvalue weighted by atomic mass is 16.5. The molecule has 8 nitrogen and oxygen atoms in total. The zero-order valence-electron chi connectivity index (χ0n) is 19.2. The summed E-state index contributed by atoms with van der Waals surface area (Å²) in [5, 5.41) is 7.67. The van der Waals surface area contributed by atoms with Crippen LogP contribution in [0.4, 0.5) is 17.2 Å². The Balaban J connectivity index is 1.46. The van der Waals surface area contributed by atoms with Crippen LogP contribution in [-0.2, 0) is 0 Å². The summed E-state index contributed by atoms with van der Waals surface area (Å²) >= 11 is 0. The van der Waals surface area contributed by atoms with Gasteiger partial charge in [0.05, 0.1) is 19.0 Å². The van der Waals surface area contributed by atoms with Crippen LogP contribution in [0.5, 0.6) is 5.75 Å². The van der Waals surface area contributed by atoms with Gasteiger partial charge in [-0.3, -0.25) is 0 Å². The van der Waals surface area contributed by atoms with Gasteiger partial charge in [-0.2, -0.15) is 9.61 Å². The Labute approximate surface area is 193 Å². The van der Waals surface area contributed by atoms with Crippen LogP contribution < -0.4 is 20.7 Å². The predicted molar refractivity (Wildman–Crippen MR) is 134 cm³/mol. The van der Waals surface area contributed by atoms with Gasteiger partial charge in [-0.05, 0) is 42.4 Å². The Morgan fingerprint density at radius 2 is 1.67 bits per heavy atom. The normalized spacial score (nSPS) is 14.6. The van der Waals surface area contributed by atoms with E-state index in [9.17, 15) is 0 Å². The highest BCUT2D eigenvalue weighted by Crippen LogP contribution is 2.34. The van der Waals surface area contributed by atoms with Crippen LogP contribution in [0.15, 0.2) is 54.9 Å². The second-order valence-electron chi connectivity index (χ2n) is 8.35. The van der Waals surface area contributed by atoms with E-state index >= 15 is 0 Å². The molecule has 0 unspecified atom stereocenters. The van der Waals surface area contributed by atoms with Crippen LogP contribution >= 0.6 is 0 Å². The standard InChI is InChI=1S/C25H29N7O/c1-27-22-9-6-18(14-23(22)33-3)20-15-28-25-21(16-29-32(25)24(20)26)17-4-7-19(8-5-17)31-12-10-30(2)11-13-31/h4-9,14-16,27H,10-13,26H2,1-3H3. The van der Waals surface area contributed by atoms with E-state index in [0.717, 1.165) is 65.5 Å². The Morgan fingerprint density at radius 1 is 0.939 bits per heavy atom. The van der Waals surface area contributed by atoms with Crippen LogP contribution in [0.25, 0.3) is 27.9 Å². The maximum Gasteiger partial charge on any atom is 0.165 e. The van der Waals surface area contributed by atoms with Crippen LogP contribution in [0, 0.1) is 0 Å². The number of aromatic nitrogens is 3. The maximum absolute atomic E-state index is 6.53. The number of ether oxygens (including phenoxy) is 1. The first kappa shape index (κ1) is 21.1. The van der Waals surface area contributed by atoms with E-state index in [4.69, 9.17) is 15.5 Å². The molecule has 1 aliphatic heterocycles. The number of benzene rings is 2. The van der Waals surface area contributed by atoms with Crippen LogP contribution in [0.1, 0.15) is 0 Å². The summed E-state index contributed by atoms with van der Waals surface area (Å²) in [5.74, 6) is 1.29. The number of nitrogens with zero attached hydrogens (tertiary/aromatic N) is 5. The molecule has 1 aliphatic rings. The molecule has 1 saturated heterocycles. The van der Waals surface area contributed by atoms with Crippen molar-refractivity contribution in [1.82, 2.24) is 19.5 Å². The minimum Gasteiger partial charge on any atom is -0.495 e. The average Bonchev–Trinajstić information content (AvgIpc) is 3.29. The Hall–Kier alpha value is -3.78. The smallest absolute Gasteiger partial charge is 0.165 e. The summed E-state index contributed by atoms with van der Waals surface area (Å²) in [4.78, 5) is 9.51. The Bertz CT molecular complexity index is 1270. The molecule has 0 radical (unpaired) electrons. The summed E-state index contributed by atoms with van der Waals surface area (Å²) in [5.41, 5.74) is 13.2. The molecule has 0 bridgehead atoms. The van der Waals surface area contributed by atoms with Crippen molar-refractivity contribution in [3.63, 3.8) is 0 Å². The van der Waals surface area contributed by atoms with Gasteiger partial charge in [0.15, 0.2) is 5.65 Å². The van der Waals surface area contributed by atoms with Gasteiger partial charge in [-0.15, -0.1) is 0 Å². The molecule has 33 heavy (non-hydrogen) atoms. The monoisotopic (exact) mass is 443 g/mol. The topological polar surface area (TPSA) is 84.0 Å². The molecule has 170 valence electrons. The molecule has 8 heteroatoms. The molecule has 1 fully saturated rings. The highest BCUT2D eigenvalue weighted by molar-refractivity contribution is 5.83. The van der Waals surface area contributed by atoms with Gasteiger partial charge in [0.1, 0.15) is 11.6 Å². The van der Waals surface area contributed by atoms with Crippen LogP contribution in [-0.4, -0.2) is 66.9 Å². The Kier molecular flexibility index (Phi) is 5.51. The zero-order valence-corrected chi connectivity index (χ0v) is 19.2. The van der Waals surface area contributed by atoms with Crippen molar-refractivity contribution in [2.24, 2.45) is 0 Å². The van der Waals surface area contributed by atoms with Gasteiger partial charge < -0.3 is 25.6 Å². The van der Waals surface area contributed by atoms with Gasteiger partial charge >= 0.3 is 0 Å². The fourth-order valence-corrected chi connectivity index (χ4v) is 4.36. The lowest BCUT2D eigenvalue weighted by Crippen LogP contribution is -2.44. The molecule has 2 aromatic carbocycles. The first-order valence-corrected chi connectivity index (χ1v) is 11.1. The predicted octanol–water partition coefficient (Wildman–Crippen LogP) is 3.45. The van der Waals surface area contributed by atoms with Crippen molar-refractivity contribution in [1.29, 1.82) is 0 Å². The number of methoxy groups -OCH3 is 1. The first-order valence-electron chi connectivity index (χ1n) is 11.1. The van der Waals surface area contributed by atoms with Crippen molar-refractivity contribution in [2.45, 2.75) is 0 Å². The third-order valence-corrected chi connectivity index (χ3v) is 6.39. The van der Waals surface area contributed by atoms with Crippen LogP contribution in [0.3, 0.4) is 0 Å². The maximum atomic E-state index is 6.53. The summed E-state index contributed by atoms with van der Waals surface area (Å²) in [6.07, 6.45) is 3.64. The average molecular weight is 444 g/mol. The van der Waals surface area contributed by atoms with Gasteiger partial charge in [-0.1, -0.05) is 18.2 Å². The Morgan fingerprint density at radius 3 is 2.36 bits per heavy atom. The summed E-state index contributed by atoms with van der Waals surface area (Å²) in [7, 11) is 5.69. The van der Waals surface area contributed by atoms with Gasteiger partial charge in [-0.25, -0.2) is 4.98 Å².